The normalized spacial score (nSPS) is 15.3. The van der Waals surface area contributed by atoms with Crippen LogP contribution in [-0.2, 0) is 13.6 Å². The SMILES string of the molecule is CN1C=CN(CCn2ccn(C)c2=[Se])C1. The van der Waals surface area contributed by atoms with Crippen LogP contribution in [0.25, 0.3) is 0 Å². The van der Waals surface area contributed by atoms with Gasteiger partial charge in [0.2, 0.25) is 0 Å². The van der Waals surface area contributed by atoms with Crippen molar-refractivity contribution in [2.75, 3.05) is 20.3 Å². The second-order valence-corrected chi connectivity index (χ2v) is 4.66. The summed E-state index contributed by atoms with van der Waals surface area (Å²) < 4.78 is 5.49. The average molecular weight is 271 g/mol. The molecule has 0 N–H and O–H groups in total. The van der Waals surface area contributed by atoms with Gasteiger partial charge in [-0.3, -0.25) is 0 Å². The molecule has 0 spiro atoms. The van der Waals surface area contributed by atoms with Crippen molar-refractivity contribution in [2.45, 2.75) is 6.54 Å². The molecule has 1 aliphatic heterocycles. The summed E-state index contributed by atoms with van der Waals surface area (Å²) >= 11 is 3.08. The summed E-state index contributed by atoms with van der Waals surface area (Å²) in [7, 11) is 4.14. The van der Waals surface area contributed by atoms with Crippen molar-refractivity contribution >= 4 is 15.6 Å². The quantitative estimate of drug-likeness (QED) is 0.730. The maximum atomic E-state index is 3.08. The molecular weight excluding hydrogens is 255 g/mol. The third kappa shape index (κ3) is 2.36. The fourth-order valence-electron chi connectivity index (χ4n) is 1.65. The van der Waals surface area contributed by atoms with Gasteiger partial charge < -0.3 is 0 Å². The van der Waals surface area contributed by atoms with Gasteiger partial charge in [0, 0.05) is 0 Å². The minimum atomic E-state index is 0.996. The van der Waals surface area contributed by atoms with Crippen LogP contribution in [0.1, 0.15) is 0 Å². The van der Waals surface area contributed by atoms with Gasteiger partial charge >= 0.3 is 97.5 Å². The van der Waals surface area contributed by atoms with E-state index in [0.717, 1.165) is 19.8 Å². The van der Waals surface area contributed by atoms with Gasteiger partial charge in [-0.05, 0) is 0 Å². The third-order valence-electron chi connectivity index (χ3n) is 2.58. The first-order valence-electron chi connectivity index (χ1n) is 5.01. The maximum absolute atomic E-state index is 3.08. The standard InChI is InChI=1S/C10H16N4Se/c1-11-3-5-13(9-11)6-8-14-7-4-12(2)10(14)15/h3-5,7H,6,8-9H2,1-2H3. The molecule has 0 saturated carbocycles. The Hall–Kier alpha value is -0.931. The van der Waals surface area contributed by atoms with Crippen LogP contribution in [-0.4, -0.2) is 54.8 Å². The summed E-state index contributed by atoms with van der Waals surface area (Å²) in [6.45, 7) is 3.06. The van der Waals surface area contributed by atoms with Crippen molar-refractivity contribution in [1.82, 2.24) is 18.9 Å². The predicted octanol–water partition coefficient (Wildman–Crippen LogP) is 0.203. The van der Waals surface area contributed by atoms with Crippen molar-refractivity contribution in [3.8, 4) is 0 Å². The molecule has 1 aromatic heterocycles. The van der Waals surface area contributed by atoms with Crippen LogP contribution >= 0.6 is 0 Å². The molecule has 1 aliphatic rings. The Morgan fingerprint density at radius 1 is 1.20 bits per heavy atom. The summed E-state index contributed by atoms with van der Waals surface area (Å²) in [4.78, 5) is 4.48. The molecule has 82 valence electrons. The molecule has 0 fully saturated rings. The predicted molar refractivity (Wildman–Crippen MR) is 60.9 cm³/mol. The number of hydrogen-bond donors (Lipinski definition) is 0. The van der Waals surface area contributed by atoms with Crippen LogP contribution < -0.4 is 0 Å². The van der Waals surface area contributed by atoms with Crippen LogP contribution in [0.5, 0.6) is 0 Å². The van der Waals surface area contributed by atoms with Crippen LogP contribution in [0.3, 0.4) is 0 Å². The Kier molecular flexibility index (Phi) is 3.03. The van der Waals surface area contributed by atoms with Crippen molar-refractivity contribution < 1.29 is 0 Å². The molecule has 0 radical (unpaired) electrons. The molecule has 0 unspecified atom stereocenters. The van der Waals surface area contributed by atoms with E-state index in [-0.39, 0.29) is 0 Å². The summed E-state index contributed by atoms with van der Waals surface area (Å²) in [5.41, 5.74) is 0. The molecule has 4 nitrogen and oxygen atoms in total. The summed E-state index contributed by atoms with van der Waals surface area (Å²) in [5, 5.41) is 0. The van der Waals surface area contributed by atoms with Crippen molar-refractivity contribution in [1.29, 1.82) is 0 Å². The first-order valence-corrected chi connectivity index (χ1v) is 5.87. The zero-order valence-electron chi connectivity index (χ0n) is 9.13. The zero-order chi connectivity index (χ0) is 10.8. The molecule has 15 heavy (non-hydrogen) atoms. The second-order valence-electron chi connectivity index (χ2n) is 3.89. The van der Waals surface area contributed by atoms with Gasteiger partial charge in [0.1, 0.15) is 0 Å². The molecule has 1 aromatic rings. The first-order chi connectivity index (χ1) is 7.16. The molecule has 0 saturated heterocycles. The van der Waals surface area contributed by atoms with Gasteiger partial charge in [0.15, 0.2) is 0 Å². The van der Waals surface area contributed by atoms with Gasteiger partial charge in [-0.1, -0.05) is 0 Å². The van der Waals surface area contributed by atoms with E-state index < -0.39 is 0 Å². The fourth-order valence-corrected chi connectivity index (χ4v) is 2.10. The molecule has 0 aliphatic carbocycles. The molecular formula is C10H16N4Se. The Morgan fingerprint density at radius 2 is 2.00 bits per heavy atom. The Labute approximate surface area is 97.8 Å². The first kappa shape index (κ1) is 10.6. The van der Waals surface area contributed by atoms with Crippen molar-refractivity contribution in [3.05, 3.63) is 29.1 Å². The van der Waals surface area contributed by atoms with Crippen LogP contribution in [0.4, 0.5) is 0 Å². The number of imidazole rings is 1. The number of aryl methyl sites for hydroxylation is 1. The monoisotopic (exact) mass is 272 g/mol. The van der Waals surface area contributed by atoms with Crippen molar-refractivity contribution in [2.24, 2.45) is 7.05 Å². The third-order valence-corrected chi connectivity index (χ3v) is 3.68. The van der Waals surface area contributed by atoms with Gasteiger partial charge in [-0.2, -0.15) is 0 Å². The molecule has 2 rings (SSSR count). The fraction of sp³-hybridized carbons (Fsp3) is 0.500. The van der Waals surface area contributed by atoms with Crippen molar-refractivity contribution in [3.63, 3.8) is 0 Å². The van der Waals surface area contributed by atoms with Gasteiger partial charge in [0.25, 0.3) is 0 Å². The molecule has 0 aromatic carbocycles. The van der Waals surface area contributed by atoms with E-state index in [9.17, 15) is 0 Å². The summed E-state index contributed by atoms with van der Waals surface area (Å²) in [6, 6.07) is 0. The second kappa shape index (κ2) is 4.29. The van der Waals surface area contributed by atoms with E-state index in [1.807, 2.05) is 7.05 Å². The Bertz CT molecular complexity index is 417. The van der Waals surface area contributed by atoms with Gasteiger partial charge in [-0.25, -0.2) is 0 Å². The zero-order valence-corrected chi connectivity index (χ0v) is 10.8. The van der Waals surface area contributed by atoms with E-state index in [2.05, 4.69) is 66.4 Å². The average Bonchev–Trinajstić information content (AvgIpc) is 2.74. The Balaban J connectivity index is 1.91. The molecule has 0 amide bonds. The van der Waals surface area contributed by atoms with E-state index >= 15 is 0 Å². The number of aromatic nitrogens is 2. The van der Waals surface area contributed by atoms with E-state index in [1.165, 1.54) is 4.32 Å². The number of hydrogen-bond acceptors (Lipinski definition) is 2. The summed E-state index contributed by atoms with van der Waals surface area (Å²) in [6.07, 6.45) is 8.42. The molecule has 5 heteroatoms. The topological polar surface area (TPSA) is 16.3 Å². The Morgan fingerprint density at radius 3 is 2.53 bits per heavy atom. The number of nitrogens with zero attached hydrogens (tertiary/aromatic N) is 4. The van der Waals surface area contributed by atoms with E-state index in [0.29, 0.717) is 0 Å². The number of rotatable bonds is 3. The van der Waals surface area contributed by atoms with Gasteiger partial charge in [0.05, 0.1) is 0 Å². The van der Waals surface area contributed by atoms with E-state index in [1.54, 1.807) is 0 Å². The van der Waals surface area contributed by atoms with Crippen LogP contribution in [0, 0.1) is 4.32 Å². The van der Waals surface area contributed by atoms with Gasteiger partial charge in [-0.15, -0.1) is 0 Å². The minimum absolute atomic E-state index is 0.996. The van der Waals surface area contributed by atoms with E-state index in [4.69, 9.17) is 0 Å². The molecule has 0 bridgehead atoms. The molecule has 2 heterocycles. The van der Waals surface area contributed by atoms with Crippen LogP contribution in [0.2, 0.25) is 0 Å². The van der Waals surface area contributed by atoms with Crippen LogP contribution in [0.15, 0.2) is 24.8 Å². The molecule has 0 atom stereocenters. The summed E-state index contributed by atoms with van der Waals surface area (Å²) in [5.74, 6) is 0.